The quantitative estimate of drug-likeness (QED) is 0.336. The summed E-state index contributed by atoms with van der Waals surface area (Å²) in [7, 11) is -1.83. The highest BCUT2D eigenvalue weighted by atomic mass is 31.2. The maximum atomic E-state index is 14.4. The molecule has 2 N–H and O–H groups in total. The lowest BCUT2D eigenvalue weighted by atomic mass is 9.97. The highest BCUT2D eigenvalue weighted by Crippen LogP contribution is 2.40. The summed E-state index contributed by atoms with van der Waals surface area (Å²) in [6.45, 7) is 2.04. The molecule has 0 aliphatic rings. The van der Waals surface area contributed by atoms with Gasteiger partial charge < -0.3 is 9.84 Å². The number of nitrogens with one attached hydrogen (secondary N) is 1. The van der Waals surface area contributed by atoms with Crippen molar-refractivity contribution >= 4 is 23.7 Å². The van der Waals surface area contributed by atoms with Gasteiger partial charge in [0.05, 0.1) is 12.7 Å². The Kier molecular flexibility index (Phi) is 8.40. The highest BCUT2D eigenvalue weighted by Gasteiger charge is 2.36. The predicted octanol–water partition coefficient (Wildman–Crippen LogP) is 4.32. The number of carbonyl (C=O) groups excluding carboxylic acids is 1. The van der Waals surface area contributed by atoms with Crippen LogP contribution in [0.1, 0.15) is 36.5 Å². The molecule has 0 fully saturated rings. The molecule has 0 aliphatic carbocycles. The molecular weight excluding hydrogens is 421 g/mol. The van der Waals surface area contributed by atoms with Gasteiger partial charge in [0.25, 0.3) is 0 Å². The summed E-state index contributed by atoms with van der Waals surface area (Å²) in [5.41, 5.74) is 0.306. The summed E-state index contributed by atoms with van der Waals surface area (Å²) in [5.74, 6) is -0.0520. The van der Waals surface area contributed by atoms with E-state index in [0.29, 0.717) is 28.3 Å². The molecule has 3 aromatic rings. The zero-order chi connectivity index (χ0) is 23.0. The predicted molar refractivity (Wildman–Crippen MR) is 130 cm³/mol. The molecule has 0 saturated carbocycles. The first-order valence-corrected chi connectivity index (χ1v) is 12.6. The first kappa shape index (κ1) is 23.9. The normalized spacial score (nSPS) is 13.3. The lowest BCUT2D eigenvalue weighted by Gasteiger charge is -2.30. The molecule has 32 heavy (non-hydrogen) atoms. The van der Waals surface area contributed by atoms with Crippen molar-refractivity contribution in [3.05, 3.63) is 90.5 Å². The summed E-state index contributed by atoms with van der Waals surface area (Å²) in [6, 6.07) is 24.5. The summed E-state index contributed by atoms with van der Waals surface area (Å²) in [4.78, 5) is 13.2. The van der Waals surface area contributed by atoms with Crippen molar-refractivity contribution in [3.8, 4) is 5.75 Å². The van der Waals surface area contributed by atoms with Gasteiger partial charge in [0.15, 0.2) is 5.78 Å². The summed E-state index contributed by atoms with van der Waals surface area (Å²) in [5, 5.41) is 15.6. The van der Waals surface area contributed by atoms with Crippen molar-refractivity contribution in [1.82, 2.24) is 5.09 Å². The summed E-state index contributed by atoms with van der Waals surface area (Å²) in [6.07, 6.45) is 0.785. The van der Waals surface area contributed by atoms with Gasteiger partial charge in [-0.25, -0.2) is 0 Å². The summed E-state index contributed by atoms with van der Waals surface area (Å²) >= 11 is 0. The van der Waals surface area contributed by atoms with Crippen LogP contribution in [-0.4, -0.2) is 30.1 Å². The Morgan fingerprint density at radius 3 is 2.00 bits per heavy atom. The number of hydrogen-bond donors (Lipinski definition) is 2. The van der Waals surface area contributed by atoms with Crippen LogP contribution < -0.4 is 20.4 Å². The molecule has 3 aromatic carbocycles. The van der Waals surface area contributed by atoms with E-state index in [4.69, 9.17) is 4.74 Å². The minimum absolute atomic E-state index is 0.306. The number of ether oxygens (including phenoxy) is 1. The van der Waals surface area contributed by atoms with Crippen LogP contribution in [0.15, 0.2) is 84.9 Å². The molecule has 0 heterocycles. The number of unbranched alkanes of at least 4 members (excludes halogenated alkanes) is 1. The Morgan fingerprint density at radius 1 is 0.938 bits per heavy atom. The Balaban J connectivity index is 2.00. The van der Waals surface area contributed by atoms with Crippen LogP contribution in [0.4, 0.5) is 0 Å². The van der Waals surface area contributed by atoms with Gasteiger partial charge >= 0.3 is 0 Å². The third-order valence-electron chi connectivity index (χ3n) is 5.48. The van der Waals surface area contributed by atoms with Crippen LogP contribution in [0.25, 0.3) is 0 Å². The molecule has 6 heteroatoms. The van der Waals surface area contributed by atoms with Crippen LogP contribution in [0.2, 0.25) is 0 Å². The lowest BCUT2D eigenvalue weighted by molar-refractivity contribution is 0.0666. The van der Waals surface area contributed by atoms with Crippen LogP contribution in [0.3, 0.4) is 0 Å². The number of ketones is 1. The van der Waals surface area contributed by atoms with Crippen molar-refractivity contribution in [1.29, 1.82) is 0 Å². The zero-order valence-corrected chi connectivity index (χ0v) is 19.4. The number of para-hydroxylation sites is 1. The largest absolute Gasteiger partial charge is 0.496 e. The van der Waals surface area contributed by atoms with E-state index in [1.54, 1.807) is 24.3 Å². The molecule has 0 amide bonds. The van der Waals surface area contributed by atoms with Gasteiger partial charge in [-0.1, -0.05) is 68.3 Å². The Morgan fingerprint density at radius 2 is 1.47 bits per heavy atom. The zero-order valence-electron chi connectivity index (χ0n) is 18.5. The second-order valence-electron chi connectivity index (χ2n) is 7.67. The smallest absolute Gasteiger partial charge is 0.204 e. The van der Waals surface area contributed by atoms with E-state index in [9.17, 15) is 14.5 Å². The minimum atomic E-state index is -3.32. The third-order valence-corrected chi connectivity index (χ3v) is 8.22. The van der Waals surface area contributed by atoms with Crippen LogP contribution in [0.5, 0.6) is 5.75 Å². The molecule has 0 aromatic heterocycles. The lowest BCUT2D eigenvalue weighted by Crippen LogP contribution is -2.46. The Hall–Kier alpha value is -2.72. The molecule has 0 radical (unpaired) electrons. The van der Waals surface area contributed by atoms with Gasteiger partial charge in [0, 0.05) is 16.7 Å². The molecule has 5 nitrogen and oxygen atoms in total. The standard InChI is InChI=1S/C26H30NO4P/c1-3-4-18-23(26(29)25(28)22-17-11-12-19-24(22)31-2)27-32(30,20-13-7-5-8-14-20)21-15-9-6-10-16-21/h5-17,19,23,26,29H,3-4,18H2,1-2H3,(H,27,30)/t23-,26+/m1/s1. The number of benzene rings is 3. The molecule has 0 saturated heterocycles. The average molecular weight is 452 g/mol. The highest BCUT2D eigenvalue weighted by molar-refractivity contribution is 7.76. The first-order chi connectivity index (χ1) is 15.5. The van der Waals surface area contributed by atoms with E-state index in [-0.39, 0.29) is 0 Å². The van der Waals surface area contributed by atoms with Gasteiger partial charge in [-0.3, -0.25) is 14.4 Å². The number of aliphatic hydroxyl groups is 1. The van der Waals surface area contributed by atoms with E-state index >= 15 is 0 Å². The maximum Gasteiger partial charge on any atom is 0.204 e. The van der Waals surface area contributed by atoms with Crippen molar-refractivity contribution in [2.24, 2.45) is 0 Å². The average Bonchev–Trinajstić information content (AvgIpc) is 2.86. The van der Waals surface area contributed by atoms with E-state index in [1.807, 2.05) is 67.6 Å². The third kappa shape index (κ3) is 5.36. The van der Waals surface area contributed by atoms with Crippen molar-refractivity contribution in [3.63, 3.8) is 0 Å². The van der Waals surface area contributed by atoms with E-state index in [0.717, 1.165) is 12.8 Å². The van der Waals surface area contributed by atoms with Gasteiger partial charge in [-0.15, -0.1) is 0 Å². The molecular formula is C26H30NO4P. The number of methoxy groups -OCH3 is 1. The first-order valence-electron chi connectivity index (χ1n) is 10.9. The van der Waals surface area contributed by atoms with Crippen molar-refractivity contribution in [2.75, 3.05) is 7.11 Å². The molecule has 168 valence electrons. The van der Waals surface area contributed by atoms with Crippen molar-refractivity contribution in [2.45, 2.75) is 38.3 Å². The topological polar surface area (TPSA) is 75.6 Å². The number of rotatable bonds is 11. The maximum absolute atomic E-state index is 14.4. The minimum Gasteiger partial charge on any atom is -0.496 e. The fourth-order valence-electron chi connectivity index (χ4n) is 3.71. The molecule has 3 rings (SSSR count). The monoisotopic (exact) mass is 451 g/mol. The molecule has 0 unspecified atom stereocenters. The number of Topliss-reactive ketones (excluding diaryl/α,β-unsaturated/α-hetero) is 1. The SMILES string of the molecule is CCCC[C@@H](NP(=O)(c1ccccc1)c1ccccc1)[C@H](O)C(=O)c1ccccc1OC. The number of aliphatic hydroxyl groups excluding tert-OH is 1. The second-order valence-corrected chi connectivity index (χ2v) is 10.2. The van der Waals surface area contributed by atoms with Gasteiger partial charge in [0.1, 0.15) is 11.9 Å². The molecule has 2 atom stereocenters. The number of hydrogen-bond acceptors (Lipinski definition) is 4. The van der Waals surface area contributed by atoms with Crippen molar-refractivity contribution < 1.29 is 19.2 Å². The second kappa shape index (κ2) is 11.2. The van der Waals surface area contributed by atoms with Gasteiger partial charge in [0.2, 0.25) is 7.29 Å². The Labute approximate surface area is 189 Å². The molecule has 0 bridgehead atoms. The fourth-order valence-corrected chi connectivity index (χ4v) is 6.23. The van der Waals surface area contributed by atoms with E-state index in [2.05, 4.69) is 5.09 Å². The van der Waals surface area contributed by atoms with Gasteiger partial charge in [-0.2, -0.15) is 0 Å². The summed E-state index contributed by atoms with van der Waals surface area (Å²) < 4.78 is 19.7. The van der Waals surface area contributed by atoms with Crippen LogP contribution in [-0.2, 0) is 4.57 Å². The Bertz CT molecular complexity index is 1010. The number of carbonyl (C=O) groups is 1. The van der Waals surface area contributed by atoms with E-state index in [1.165, 1.54) is 7.11 Å². The fraction of sp³-hybridized carbons (Fsp3) is 0.269. The van der Waals surface area contributed by atoms with Gasteiger partial charge in [-0.05, 0) is 42.8 Å². The molecule has 0 aliphatic heterocycles. The van der Waals surface area contributed by atoms with Crippen LogP contribution in [0, 0.1) is 0 Å². The van der Waals surface area contributed by atoms with E-state index < -0.39 is 25.2 Å². The van der Waals surface area contributed by atoms with Crippen LogP contribution >= 0.6 is 7.29 Å². The molecule has 0 spiro atoms.